The van der Waals surface area contributed by atoms with E-state index in [1.165, 1.54) is 98.3 Å². The van der Waals surface area contributed by atoms with Crippen molar-refractivity contribution in [2.45, 2.75) is 117 Å². The molecule has 4 aromatic rings. The van der Waals surface area contributed by atoms with Gasteiger partial charge < -0.3 is 0 Å². The number of unbranched alkanes of at least 4 members (excludes halogenated alkanes) is 4. The predicted octanol–water partition coefficient (Wildman–Crippen LogP) is 13.9. The average Bonchev–Trinajstić information content (AvgIpc) is 3.22. The normalized spacial score (nSPS) is 12.6. The molecule has 0 saturated heterocycles. The van der Waals surface area contributed by atoms with Gasteiger partial charge in [-0.05, 0) is 0 Å². The van der Waals surface area contributed by atoms with Crippen LogP contribution in [0.2, 0.25) is 0 Å². The molecule has 0 bridgehead atoms. The van der Waals surface area contributed by atoms with Crippen molar-refractivity contribution in [2.75, 3.05) is 37.9 Å². The summed E-state index contributed by atoms with van der Waals surface area (Å²) in [5, 5.41) is 0. The summed E-state index contributed by atoms with van der Waals surface area (Å²) in [4.78, 5) is 0. The molecule has 5 heteroatoms. The minimum absolute atomic E-state index is 0.330. The molecule has 0 heterocycles. The van der Waals surface area contributed by atoms with Crippen molar-refractivity contribution in [1.82, 2.24) is 0 Å². The molecule has 0 aliphatic heterocycles. The van der Waals surface area contributed by atoms with E-state index in [0.717, 1.165) is 25.7 Å². The van der Waals surface area contributed by atoms with Crippen LogP contribution in [0.4, 0.5) is 0 Å². The van der Waals surface area contributed by atoms with Gasteiger partial charge in [0.05, 0.1) is 0 Å². The first-order valence-electron chi connectivity index (χ1n) is 21.2. The van der Waals surface area contributed by atoms with Crippen LogP contribution in [0.3, 0.4) is 0 Å². The Morgan fingerprint density at radius 1 is 0.415 bits per heavy atom. The number of hydrogen-bond acceptors (Lipinski definition) is 3. The van der Waals surface area contributed by atoms with Crippen LogP contribution in [-0.2, 0) is 13.7 Å². The molecule has 0 aromatic heterocycles. The molecule has 0 amide bonds. The molecule has 0 atom stereocenters. The van der Waals surface area contributed by atoms with Crippen molar-refractivity contribution in [3.63, 3.8) is 0 Å². The summed E-state index contributed by atoms with van der Waals surface area (Å²) in [6.07, 6.45) is 18.3. The first-order chi connectivity index (χ1) is 26.1. The Hall–Kier alpha value is -2.75. The van der Waals surface area contributed by atoms with Crippen molar-refractivity contribution in [2.24, 2.45) is 0 Å². The number of benzene rings is 4. The van der Waals surface area contributed by atoms with E-state index in [1.54, 1.807) is 0 Å². The molecule has 0 radical (unpaired) electrons. The molecule has 288 valence electrons. The molecule has 0 fully saturated rings. The molecule has 0 aliphatic rings. The Kier molecular flexibility index (Phi) is 19.4. The van der Waals surface area contributed by atoms with Crippen molar-refractivity contribution in [3.8, 4) is 0 Å². The van der Waals surface area contributed by atoms with Crippen LogP contribution in [0.1, 0.15) is 139 Å². The molecular weight excluding hydrogens is 666 g/mol. The molecule has 4 rings (SSSR count). The fourth-order valence-electron chi connectivity index (χ4n) is 8.19. The second-order valence-electron chi connectivity index (χ2n) is 15.3. The summed E-state index contributed by atoms with van der Waals surface area (Å²) in [5.41, 5.74) is 5.43. The molecule has 53 heavy (non-hydrogen) atoms. The molecule has 0 unspecified atom stereocenters. The van der Waals surface area contributed by atoms with E-state index < -0.39 is 14.2 Å². The molecular formula is C48H70BO3P. The van der Waals surface area contributed by atoms with Crippen LogP contribution in [0.25, 0.3) is 0 Å². The van der Waals surface area contributed by atoms with E-state index in [-0.39, 0.29) is 0 Å². The fraction of sp³-hybridized carbons (Fsp3) is 0.500. The third kappa shape index (κ3) is 13.8. The molecule has 3 nitrogen and oxygen atoms in total. The topological polar surface area (TPSA) is 27.7 Å². The van der Waals surface area contributed by atoms with Gasteiger partial charge in [0.25, 0.3) is 0 Å². The van der Waals surface area contributed by atoms with E-state index in [2.05, 4.69) is 149 Å². The van der Waals surface area contributed by atoms with Crippen molar-refractivity contribution in [1.29, 1.82) is 0 Å². The monoisotopic (exact) mass is 737 g/mol. The number of rotatable bonds is 28. The van der Waals surface area contributed by atoms with Crippen molar-refractivity contribution in [3.05, 3.63) is 144 Å². The zero-order chi connectivity index (χ0) is 37.5. The minimum atomic E-state index is -2.63. The zero-order valence-electron chi connectivity index (χ0n) is 33.7. The third-order valence-corrected chi connectivity index (χ3v) is 17.8. The maximum atomic E-state index is 7.67. The van der Waals surface area contributed by atoms with Gasteiger partial charge in [-0.3, -0.25) is 0 Å². The van der Waals surface area contributed by atoms with Crippen LogP contribution in [0.5, 0.6) is 0 Å². The summed E-state index contributed by atoms with van der Waals surface area (Å²) < 4.78 is 21.3. The molecule has 0 aliphatic carbocycles. The second-order valence-corrected chi connectivity index (χ2v) is 21.1. The molecule has 4 aromatic carbocycles. The van der Waals surface area contributed by atoms with Gasteiger partial charge in [-0.2, -0.15) is 0 Å². The summed E-state index contributed by atoms with van der Waals surface area (Å²) in [5.74, 6) is 0.660. The SMILES string of the molecule is CCCCP(CCCC)(CCCC)(CCCC)OB(OCCCC(c1ccccc1)c1ccccc1)OCCCC(c1ccccc1)c1ccccc1. The van der Waals surface area contributed by atoms with Gasteiger partial charge >= 0.3 is 326 Å². The van der Waals surface area contributed by atoms with Crippen LogP contribution < -0.4 is 0 Å². The Balaban J connectivity index is 1.55. The van der Waals surface area contributed by atoms with Crippen molar-refractivity contribution >= 4 is 14.2 Å². The average molecular weight is 737 g/mol. The van der Waals surface area contributed by atoms with E-state index in [0.29, 0.717) is 25.0 Å². The Morgan fingerprint density at radius 3 is 0.962 bits per heavy atom. The van der Waals surface area contributed by atoms with E-state index in [1.807, 2.05) is 0 Å². The van der Waals surface area contributed by atoms with Crippen LogP contribution in [0, 0.1) is 0 Å². The van der Waals surface area contributed by atoms with E-state index in [9.17, 15) is 0 Å². The van der Waals surface area contributed by atoms with Gasteiger partial charge in [-0.1, -0.05) is 0 Å². The Labute approximate surface area is 324 Å². The Morgan fingerprint density at radius 2 is 0.698 bits per heavy atom. The molecule has 0 saturated carbocycles. The van der Waals surface area contributed by atoms with Crippen LogP contribution in [-0.4, -0.2) is 45.2 Å². The van der Waals surface area contributed by atoms with Crippen molar-refractivity contribution < 1.29 is 13.7 Å². The van der Waals surface area contributed by atoms with Gasteiger partial charge in [-0.15, -0.1) is 0 Å². The fourth-order valence-corrected chi connectivity index (χ4v) is 15.0. The second kappa shape index (κ2) is 23.9. The van der Waals surface area contributed by atoms with Crippen LogP contribution >= 0.6 is 6.83 Å². The summed E-state index contributed by atoms with van der Waals surface area (Å²) in [6, 6.07) is 43.8. The van der Waals surface area contributed by atoms with Crippen LogP contribution in [0.15, 0.2) is 121 Å². The summed E-state index contributed by atoms with van der Waals surface area (Å²) in [6.45, 7) is 7.95. The maximum absolute atomic E-state index is 7.67. The predicted molar refractivity (Wildman–Crippen MR) is 233 cm³/mol. The zero-order valence-corrected chi connectivity index (χ0v) is 34.6. The summed E-state index contributed by atoms with van der Waals surface area (Å²) in [7, 11) is -0.631. The van der Waals surface area contributed by atoms with Gasteiger partial charge in [0.2, 0.25) is 0 Å². The Bertz CT molecular complexity index is 1270. The third-order valence-electron chi connectivity index (χ3n) is 11.3. The first-order valence-corrected chi connectivity index (χ1v) is 24.1. The quantitative estimate of drug-likeness (QED) is 0.0330. The number of hydrogen-bond donors (Lipinski definition) is 0. The van der Waals surface area contributed by atoms with Gasteiger partial charge in [0, 0.05) is 0 Å². The van der Waals surface area contributed by atoms with Gasteiger partial charge in [0.1, 0.15) is 0 Å². The standard InChI is InChI=1S/C48H70BO3P/c1-5-9-39-53(40-10-6-2,41-11-7-3,42-12-8-4)52-49(50-37-25-35-47(43-27-17-13-18-28-43)44-29-19-14-20-30-44)51-38-26-36-48(45-31-21-15-22-32-45)46-33-23-16-24-34-46/h13-24,27-34,47-48H,5-12,25-26,35-42H2,1-4H3. The summed E-state index contributed by atoms with van der Waals surface area (Å²) >= 11 is 0. The first kappa shape index (κ1) is 43.0. The van der Waals surface area contributed by atoms with E-state index >= 15 is 0 Å². The van der Waals surface area contributed by atoms with Gasteiger partial charge in [0.15, 0.2) is 0 Å². The molecule has 0 N–H and O–H groups in total. The van der Waals surface area contributed by atoms with E-state index in [4.69, 9.17) is 13.7 Å². The van der Waals surface area contributed by atoms with Gasteiger partial charge in [-0.25, -0.2) is 0 Å². The molecule has 0 spiro atoms.